The number of nitrogens with one attached hydrogen (secondary N) is 1. The molecule has 0 unspecified atom stereocenters. The zero-order valence-corrected chi connectivity index (χ0v) is 13.0. The van der Waals surface area contributed by atoms with Crippen LogP contribution >= 0.6 is 0 Å². The molecule has 7 heteroatoms. The highest BCUT2D eigenvalue weighted by atomic mass is 16.5. The van der Waals surface area contributed by atoms with Crippen molar-refractivity contribution in [1.82, 2.24) is 10.2 Å². The lowest BCUT2D eigenvalue weighted by Crippen LogP contribution is -2.39. The number of carbonyl (C=O) groups is 1. The fourth-order valence-corrected chi connectivity index (χ4v) is 2.06. The number of hydrogen-bond donors (Lipinski definition) is 2. The molecule has 0 amide bonds. The molecule has 1 aliphatic rings. The first-order valence-corrected chi connectivity index (χ1v) is 7.72. The average molecular weight is 300 g/mol. The van der Waals surface area contributed by atoms with Crippen molar-refractivity contribution in [2.24, 2.45) is 10.7 Å². The third-order valence-electron chi connectivity index (χ3n) is 3.19. The number of nitrogens with two attached hydrogens (primary N) is 1. The van der Waals surface area contributed by atoms with Gasteiger partial charge in [0.2, 0.25) is 0 Å². The Bertz CT molecular complexity index is 317. The lowest BCUT2D eigenvalue weighted by Gasteiger charge is -2.26. The molecule has 1 rings (SSSR count). The molecule has 0 atom stereocenters. The van der Waals surface area contributed by atoms with Crippen molar-refractivity contribution in [3.63, 3.8) is 0 Å². The Labute approximate surface area is 126 Å². The van der Waals surface area contributed by atoms with Crippen molar-refractivity contribution in [2.75, 3.05) is 52.5 Å². The lowest BCUT2D eigenvalue weighted by atomic mass is 10.3. The minimum Gasteiger partial charge on any atom is -0.466 e. The molecule has 7 nitrogen and oxygen atoms in total. The maximum absolute atomic E-state index is 11.1. The molecule has 3 N–H and O–H groups in total. The molecule has 1 saturated heterocycles. The number of nitrogens with zero attached hydrogens (tertiary/aromatic N) is 2. The van der Waals surface area contributed by atoms with Gasteiger partial charge in [-0.3, -0.25) is 14.7 Å². The zero-order chi connectivity index (χ0) is 15.3. The van der Waals surface area contributed by atoms with Crippen LogP contribution in [0.4, 0.5) is 0 Å². The molecule has 0 radical (unpaired) electrons. The lowest BCUT2D eigenvalue weighted by molar-refractivity contribution is -0.143. The molecular weight excluding hydrogens is 272 g/mol. The Balaban J connectivity index is 1.97. The van der Waals surface area contributed by atoms with Crippen molar-refractivity contribution >= 4 is 11.9 Å². The second kappa shape index (κ2) is 11.3. The van der Waals surface area contributed by atoms with Crippen LogP contribution in [0.25, 0.3) is 0 Å². The molecule has 1 fully saturated rings. The van der Waals surface area contributed by atoms with Crippen LogP contribution in [0.5, 0.6) is 0 Å². The molecule has 0 bridgehead atoms. The Morgan fingerprint density at radius 3 is 2.86 bits per heavy atom. The molecule has 0 aromatic rings. The number of hydrogen-bond acceptors (Lipinski definition) is 5. The summed E-state index contributed by atoms with van der Waals surface area (Å²) in [6, 6.07) is 0. The van der Waals surface area contributed by atoms with E-state index in [-0.39, 0.29) is 5.97 Å². The van der Waals surface area contributed by atoms with E-state index in [4.69, 9.17) is 15.2 Å². The summed E-state index contributed by atoms with van der Waals surface area (Å²) >= 11 is 0. The van der Waals surface area contributed by atoms with Gasteiger partial charge in [-0.05, 0) is 26.3 Å². The van der Waals surface area contributed by atoms with E-state index >= 15 is 0 Å². The van der Waals surface area contributed by atoms with Gasteiger partial charge in [-0.15, -0.1) is 0 Å². The van der Waals surface area contributed by atoms with E-state index in [1.165, 1.54) is 0 Å². The van der Waals surface area contributed by atoms with Crippen LogP contribution in [-0.4, -0.2) is 69.4 Å². The van der Waals surface area contributed by atoms with Crippen molar-refractivity contribution in [1.29, 1.82) is 0 Å². The number of aliphatic imine (C=N–C) groups is 1. The number of carbonyl (C=O) groups excluding carboxylic acids is 1. The second-order valence-electron chi connectivity index (χ2n) is 4.91. The van der Waals surface area contributed by atoms with Gasteiger partial charge in [-0.2, -0.15) is 0 Å². The van der Waals surface area contributed by atoms with Gasteiger partial charge < -0.3 is 20.5 Å². The Hall–Kier alpha value is -1.34. The zero-order valence-electron chi connectivity index (χ0n) is 13.0. The SMILES string of the molecule is CCOC(=O)CCCN=C(N)NCCCN1CCOCC1. The third-order valence-corrected chi connectivity index (χ3v) is 3.19. The summed E-state index contributed by atoms with van der Waals surface area (Å²) < 4.78 is 10.1. The van der Waals surface area contributed by atoms with Crippen molar-refractivity contribution in [2.45, 2.75) is 26.2 Å². The summed E-state index contributed by atoms with van der Waals surface area (Å²) in [5.41, 5.74) is 5.76. The summed E-state index contributed by atoms with van der Waals surface area (Å²) in [7, 11) is 0. The number of esters is 1. The van der Waals surface area contributed by atoms with Gasteiger partial charge in [0.15, 0.2) is 5.96 Å². The first-order valence-electron chi connectivity index (χ1n) is 7.72. The van der Waals surface area contributed by atoms with E-state index in [2.05, 4.69) is 15.2 Å². The van der Waals surface area contributed by atoms with Crippen LogP contribution in [0, 0.1) is 0 Å². The smallest absolute Gasteiger partial charge is 0.305 e. The minimum absolute atomic E-state index is 0.176. The molecule has 21 heavy (non-hydrogen) atoms. The number of guanidine groups is 1. The van der Waals surface area contributed by atoms with Gasteiger partial charge in [-0.1, -0.05) is 0 Å². The third kappa shape index (κ3) is 9.25. The van der Waals surface area contributed by atoms with Crippen LogP contribution in [0.3, 0.4) is 0 Å². The summed E-state index contributed by atoms with van der Waals surface area (Å²) in [4.78, 5) is 17.7. The molecular formula is C14H28N4O3. The largest absolute Gasteiger partial charge is 0.466 e. The minimum atomic E-state index is -0.176. The number of rotatable bonds is 9. The fraction of sp³-hybridized carbons (Fsp3) is 0.857. The van der Waals surface area contributed by atoms with Gasteiger partial charge in [0.25, 0.3) is 0 Å². The Kier molecular flexibility index (Phi) is 9.56. The molecule has 0 spiro atoms. The summed E-state index contributed by atoms with van der Waals surface area (Å²) in [5.74, 6) is 0.269. The number of ether oxygens (including phenoxy) is 2. The molecule has 0 saturated carbocycles. The van der Waals surface area contributed by atoms with Crippen LogP contribution in [0.2, 0.25) is 0 Å². The first-order chi connectivity index (χ1) is 10.2. The normalized spacial score (nSPS) is 16.7. The van der Waals surface area contributed by atoms with Crippen molar-refractivity contribution < 1.29 is 14.3 Å². The highest BCUT2D eigenvalue weighted by molar-refractivity contribution is 5.77. The van der Waals surface area contributed by atoms with Gasteiger partial charge in [0.1, 0.15) is 0 Å². The van der Waals surface area contributed by atoms with E-state index in [0.29, 0.717) is 32.0 Å². The molecule has 0 aromatic carbocycles. The van der Waals surface area contributed by atoms with E-state index in [0.717, 1.165) is 45.8 Å². The summed E-state index contributed by atoms with van der Waals surface area (Å²) in [6.07, 6.45) is 2.08. The van der Waals surface area contributed by atoms with Crippen molar-refractivity contribution in [3.8, 4) is 0 Å². The molecule has 1 aliphatic heterocycles. The predicted octanol–water partition coefficient (Wildman–Crippen LogP) is -0.0437. The predicted molar refractivity (Wildman–Crippen MR) is 82.2 cm³/mol. The van der Waals surface area contributed by atoms with Crippen LogP contribution in [-0.2, 0) is 14.3 Å². The highest BCUT2D eigenvalue weighted by Crippen LogP contribution is 1.97. The van der Waals surface area contributed by atoms with Gasteiger partial charge in [-0.25, -0.2) is 0 Å². The first kappa shape index (κ1) is 17.7. The summed E-state index contributed by atoms with van der Waals surface area (Å²) in [5, 5.41) is 3.09. The average Bonchev–Trinajstić information content (AvgIpc) is 2.49. The summed E-state index contributed by atoms with van der Waals surface area (Å²) in [6.45, 7) is 8.31. The number of morpholine rings is 1. The van der Waals surface area contributed by atoms with E-state index in [9.17, 15) is 4.79 Å². The van der Waals surface area contributed by atoms with Crippen LogP contribution in [0.15, 0.2) is 4.99 Å². The maximum atomic E-state index is 11.1. The van der Waals surface area contributed by atoms with E-state index < -0.39 is 0 Å². The monoisotopic (exact) mass is 300 g/mol. The molecule has 0 aliphatic carbocycles. The maximum Gasteiger partial charge on any atom is 0.305 e. The molecule has 1 heterocycles. The van der Waals surface area contributed by atoms with Crippen LogP contribution in [0.1, 0.15) is 26.2 Å². The molecule has 0 aromatic heterocycles. The van der Waals surface area contributed by atoms with Gasteiger partial charge in [0, 0.05) is 32.6 Å². The standard InChI is InChI=1S/C14H28N4O3/c1-2-21-13(19)5-3-6-16-14(15)17-7-4-8-18-9-11-20-12-10-18/h2-12H2,1H3,(H3,15,16,17). The highest BCUT2D eigenvalue weighted by Gasteiger charge is 2.08. The fourth-order valence-electron chi connectivity index (χ4n) is 2.06. The van der Waals surface area contributed by atoms with E-state index in [1.54, 1.807) is 6.92 Å². The Morgan fingerprint density at radius 2 is 2.14 bits per heavy atom. The topological polar surface area (TPSA) is 89.2 Å². The van der Waals surface area contributed by atoms with Gasteiger partial charge >= 0.3 is 5.97 Å². The Morgan fingerprint density at radius 1 is 1.38 bits per heavy atom. The molecule has 122 valence electrons. The quantitative estimate of drug-likeness (QED) is 0.269. The van der Waals surface area contributed by atoms with Gasteiger partial charge in [0.05, 0.1) is 19.8 Å². The van der Waals surface area contributed by atoms with Crippen molar-refractivity contribution in [3.05, 3.63) is 0 Å². The van der Waals surface area contributed by atoms with E-state index in [1.807, 2.05) is 0 Å². The van der Waals surface area contributed by atoms with Crippen LogP contribution < -0.4 is 11.1 Å². The second-order valence-corrected chi connectivity index (χ2v) is 4.91.